The molecule has 5 nitrogen and oxygen atoms in total. The predicted molar refractivity (Wildman–Crippen MR) is 51.2 cm³/mol. The van der Waals surface area contributed by atoms with Crippen LogP contribution in [0.3, 0.4) is 0 Å². The normalized spacial score (nSPS) is 44.0. The molecular weight excluding hydrogens is 200 g/mol. The van der Waals surface area contributed by atoms with Crippen molar-refractivity contribution in [2.24, 2.45) is 0 Å². The Hall–Kier alpha value is -0.200. The molecular formula is C10H18O5. The average Bonchev–Trinajstić information content (AvgIpc) is 2.50. The number of hydrogen-bond donors (Lipinski definition) is 1. The van der Waals surface area contributed by atoms with Crippen LogP contribution in [0.15, 0.2) is 0 Å². The molecule has 2 rings (SSSR count). The summed E-state index contributed by atoms with van der Waals surface area (Å²) in [5, 5.41) is 9.21. The second-order valence-corrected chi connectivity index (χ2v) is 4.40. The molecule has 3 unspecified atom stereocenters. The van der Waals surface area contributed by atoms with E-state index in [2.05, 4.69) is 0 Å². The van der Waals surface area contributed by atoms with Crippen LogP contribution < -0.4 is 0 Å². The van der Waals surface area contributed by atoms with Gasteiger partial charge in [-0.2, -0.15) is 0 Å². The standard InChI is InChI=1S/C10H18O5/c1-10(2)14-6-4-8(12-3)13-7(5-11)9(6)15-10/h6-9,11H,4-5H2,1-3H3/t6?,7?,8-,9?/m1/s1. The van der Waals surface area contributed by atoms with Crippen molar-refractivity contribution in [1.29, 1.82) is 0 Å². The highest BCUT2D eigenvalue weighted by Gasteiger charge is 2.49. The Morgan fingerprint density at radius 1 is 1.40 bits per heavy atom. The zero-order chi connectivity index (χ0) is 11.1. The molecule has 0 aliphatic carbocycles. The summed E-state index contributed by atoms with van der Waals surface area (Å²) < 4.78 is 22.1. The van der Waals surface area contributed by atoms with Crippen LogP contribution in [0.2, 0.25) is 0 Å². The van der Waals surface area contributed by atoms with Crippen molar-refractivity contribution in [3.63, 3.8) is 0 Å². The van der Waals surface area contributed by atoms with E-state index in [1.54, 1.807) is 7.11 Å². The van der Waals surface area contributed by atoms with E-state index in [1.807, 2.05) is 13.8 Å². The molecule has 0 aromatic carbocycles. The zero-order valence-electron chi connectivity index (χ0n) is 9.30. The Kier molecular flexibility index (Phi) is 3.00. The molecule has 0 aromatic rings. The van der Waals surface area contributed by atoms with E-state index in [-0.39, 0.29) is 31.2 Å². The first-order valence-electron chi connectivity index (χ1n) is 5.20. The second kappa shape index (κ2) is 3.99. The number of fused-ring (bicyclic) bond motifs is 1. The van der Waals surface area contributed by atoms with Crippen LogP contribution in [0, 0.1) is 0 Å². The fourth-order valence-corrected chi connectivity index (χ4v) is 2.18. The van der Waals surface area contributed by atoms with Gasteiger partial charge in [0.1, 0.15) is 12.2 Å². The fraction of sp³-hybridized carbons (Fsp3) is 1.00. The number of rotatable bonds is 2. The molecule has 15 heavy (non-hydrogen) atoms. The molecule has 0 spiro atoms. The van der Waals surface area contributed by atoms with Gasteiger partial charge in [-0.1, -0.05) is 0 Å². The molecule has 5 heteroatoms. The van der Waals surface area contributed by atoms with Gasteiger partial charge in [-0.3, -0.25) is 0 Å². The SMILES string of the molecule is CO[C@H]1CC2OC(C)(C)OC2C(CO)O1. The molecule has 0 bridgehead atoms. The van der Waals surface area contributed by atoms with Gasteiger partial charge in [0.2, 0.25) is 0 Å². The zero-order valence-corrected chi connectivity index (χ0v) is 9.30. The Bertz CT molecular complexity index is 230. The maximum absolute atomic E-state index is 9.21. The van der Waals surface area contributed by atoms with Crippen molar-refractivity contribution in [3.8, 4) is 0 Å². The van der Waals surface area contributed by atoms with E-state index in [0.717, 1.165) is 0 Å². The summed E-state index contributed by atoms with van der Waals surface area (Å²) in [5.74, 6) is -0.602. The number of aliphatic hydroxyl groups excluding tert-OH is 1. The molecule has 4 atom stereocenters. The van der Waals surface area contributed by atoms with Gasteiger partial charge < -0.3 is 24.1 Å². The van der Waals surface area contributed by atoms with Crippen molar-refractivity contribution < 1.29 is 24.1 Å². The molecule has 2 heterocycles. The topological polar surface area (TPSA) is 57.2 Å². The van der Waals surface area contributed by atoms with Crippen LogP contribution in [0.5, 0.6) is 0 Å². The molecule has 0 saturated carbocycles. The molecule has 88 valence electrons. The van der Waals surface area contributed by atoms with Crippen molar-refractivity contribution in [2.75, 3.05) is 13.7 Å². The molecule has 2 saturated heterocycles. The Labute approximate surface area is 89.3 Å². The molecule has 2 aliphatic heterocycles. The Balaban J connectivity index is 2.09. The minimum atomic E-state index is -0.602. The molecule has 2 fully saturated rings. The second-order valence-electron chi connectivity index (χ2n) is 4.40. The van der Waals surface area contributed by atoms with E-state index in [4.69, 9.17) is 18.9 Å². The first kappa shape index (κ1) is 11.3. The monoisotopic (exact) mass is 218 g/mol. The van der Waals surface area contributed by atoms with Crippen molar-refractivity contribution in [2.45, 2.75) is 50.7 Å². The minimum absolute atomic E-state index is 0.0594. The summed E-state index contributed by atoms with van der Waals surface area (Å²) in [6.45, 7) is 3.64. The van der Waals surface area contributed by atoms with Crippen molar-refractivity contribution >= 4 is 0 Å². The number of aliphatic hydroxyl groups is 1. The van der Waals surface area contributed by atoms with Crippen LogP contribution in [0.25, 0.3) is 0 Å². The van der Waals surface area contributed by atoms with Crippen LogP contribution in [-0.2, 0) is 18.9 Å². The van der Waals surface area contributed by atoms with E-state index in [1.165, 1.54) is 0 Å². The minimum Gasteiger partial charge on any atom is -0.394 e. The summed E-state index contributed by atoms with van der Waals surface area (Å²) in [6, 6.07) is 0. The smallest absolute Gasteiger partial charge is 0.163 e. The van der Waals surface area contributed by atoms with Gasteiger partial charge >= 0.3 is 0 Å². The van der Waals surface area contributed by atoms with Gasteiger partial charge in [-0.15, -0.1) is 0 Å². The van der Waals surface area contributed by atoms with Gasteiger partial charge in [0.05, 0.1) is 12.7 Å². The third kappa shape index (κ3) is 2.16. The van der Waals surface area contributed by atoms with E-state index < -0.39 is 5.79 Å². The van der Waals surface area contributed by atoms with Crippen LogP contribution in [0.1, 0.15) is 20.3 Å². The number of methoxy groups -OCH3 is 1. The Morgan fingerprint density at radius 3 is 2.73 bits per heavy atom. The van der Waals surface area contributed by atoms with E-state index in [9.17, 15) is 5.11 Å². The highest BCUT2D eigenvalue weighted by Crippen LogP contribution is 2.37. The van der Waals surface area contributed by atoms with E-state index in [0.29, 0.717) is 6.42 Å². The lowest BCUT2D eigenvalue weighted by molar-refractivity contribution is -0.228. The Morgan fingerprint density at radius 2 is 2.13 bits per heavy atom. The number of ether oxygens (including phenoxy) is 4. The van der Waals surface area contributed by atoms with Gasteiger partial charge in [-0.05, 0) is 13.8 Å². The van der Waals surface area contributed by atoms with E-state index >= 15 is 0 Å². The van der Waals surface area contributed by atoms with Crippen LogP contribution in [-0.4, -0.2) is 49.2 Å². The maximum atomic E-state index is 9.21. The van der Waals surface area contributed by atoms with Gasteiger partial charge in [0, 0.05) is 13.5 Å². The third-order valence-electron chi connectivity index (χ3n) is 2.78. The van der Waals surface area contributed by atoms with Gasteiger partial charge in [-0.25, -0.2) is 0 Å². The summed E-state index contributed by atoms with van der Waals surface area (Å²) >= 11 is 0. The molecule has 2 aliphatic rings. The summed E-state index contributed by atoms with van der Waals surface area (Å²) in [4.78, 5) is 0. The molecule has 0 aromatic heterocycles. The lowest BCUT2D eigenvalue weighted by atomic mass is 10.0. The van der Waals surface area contributed by atoms with Crippen LogP contribution in [0.4, 0.5) is 0 Å². The fourth-order valence-electron chi connectivity index (χ4n) is 2.18. The van der Waals surface area contributed by atoms with Crippen molar-refractivity contribution in [3.05, 3.63) is 0 Å². The first-order chi connectivity index (χ1) is 7.05. The highest BCUT2D eigenvalue weighted by molar-refractivity contribution is 4.91. The van der Waals surface area contributed by atoms with Gasteiger partial charge in [0.25, 0.3) is 0 Å². The maximum Gasteiger partial charge on any atom is 0.163 e. The molecule has 0 amide bonds. The largest absolute Gasteiger partial charge is 0.394 e. The highest BCUT2D eigenvalue weighted by atomic mass is 16.8. The third-order valence-corrected chi connectivity index (χ3v) is 2.78. The lowest BCUT2D eigenvalue weighted by Crippen LogP contribution is -2.48. The molecule has 1 N–H and O–H groups in total. The lowest BCUT2D eigenvalue weighted by Gasteiger charge is -2.34. The molecule has 0 radical (unpaired) electrons. The van der Waals surface area contributed by atoms with Crippen LogP contribution >= 0.6 is 0 Å². The summed E-state index contributed by atoms with van der Waals surface area (Å²) in [6.07, 6.45) is -0.301. The van der Waals surface area contributed by atoms with Crippen molar-refractivity contribution in [1.82, 2.24) is 0 Å². The average molecular weight is 218 g/mol. The summed E-state index contributed by atoms with van der Waals surface area (Å²) in [5.41, 5.74) is 0. The van der Waals surface area contributed by atoms with Gasteiger partial charge in [0.15, 0.2) is 12.1 Å². The quantitative estimate of drug-likeness (QED) is 0.720. The number of hydrogen-bond acceptors (Lipinski definition) is 5. The predicted octanol–water partition coefficient (Wildman–Crippen LogP) is 0.260. The first-order valence-corrected chi connectivity index (χ1v) is 5.20. The summed E-state index contributed by atoms with van der Waals surface area (Å²) in [7, 11) is 1.58.